The Bertz CT molecular complexity index is 1320. The molecule has 30 heavy (non-hydrogen) atoms. The number of pyridine rings is 1. The van der Waals surface area contributed by atoms with Gasteiger partial charge in [-0.2, -0.15) is 13.0 Å². The Labute approximate surface area is 173 Å². The maximum atomic E-state index is 12.4. The Balaban J connectivity index is 1.77. The maximum absolute atomic E-state index is 12.4. The zero-order chi connectivity index (χ0) is 20.5. The topological polar surface area (TPSA) is 84.5 Å². The van der Waals surface area contributed by atoms with Gasteiger partial charge in [0.25, 0.3) is 10.1 Å². The first kappa shape index (κ1) is 17.7. The fourth-order valence-corrected chi connectivity index (χ4v) is 6.35. The predicted molar refractivity (Wildman–Crippen MR) is 106 cm³/mol. The second kappa shape index (κ2) is 5.93. The van der Waals surface area contributed by atoms with Gasteiger partial charge in [0, 0.05) is 35.2 Å². The Hall–Kier alpha value is -3.16. The Morgan fingerprint density at radius 3 is 2.33 bits per heavy atom. The van der Waals surface area contributed by atoms with E-state index in [2.05, 4.69) is 4.57 Å². The van der Waals surface area contributed by atoms with E-state index in [9.17, 15) is 13.0 Å². The number of hydrogen-bond acceptors (Lipinski definition) is 4. The van der Waals surface area contributed by atoms with E-state index in [1.807, 2.05) is 42.6 Å². The molecule has 2 aliphatic heterocycles. The zero-order valence-electron chi connectivity index (χ0n) is 15.8. The van der Waals surface area contributed by atoms with Gasteiger partial charge in [-0.1, -0.05) is 18.2 Å². The SMILES string of the molecule is O=S(=O)(O)c1cccc2c1[C@H]1c3cccc[n+]3[C@@H]2CC1(c1ccoc1)c1ccoc1. The molecule has 5 heterocycles. The minimum absolute atomic E-state index is 0.0406. The van der Waals surface area contributed by atoms with Gasteiger partial charge < -0.3 is 8.83 Å². The van der Waals surface area contributed by atoms with Crippen molar-refractivity contribution in [2.75, 3.05) is 0 Å². The van der Waals surface area contributed by atoms with Crippen LogP contribution in [-0.4, -0.2) is 13.0 Å². The van der Waals surface area contributed by atoms with E-state index in [0.29, 0.717) is 12.0 Å². The molecule has 0 amide bonds. The molecule has 0 saturated carbocycles. The smallest absolute Gasteiger partial charge is 0.294 e. The summed E-state index contributed by atoms with van der Waals surface area (Å²) in [5, 5.41) is 0. The number of fused-ring (bicyclic) bond motifs is 1. The van der Waals surface area contributed by atoms with E-state index in [-0.39, 0.29) is 16.9 Å². The molecule has 0 spiro atoms. The lowest BCUT2D eigenvalue weighted by Gasteiger charge is -2.48. The highest BCUT2D eigenvalue weighted by atomic mass is 32.2. The largest absolute Gasteiger partial charge is 0.472 e. The standard InChI is InChI=1S/C23H17NO5S/c25-30(26,27)20-6-3-4-17-19-12-23(15-7-10-28-13-15,16-8-11-29-14-16)22(21(17)20)18-5-1-2-9-24(18)19/h1-11,13-14,19,22H,12H2/p+1/t19-,22-/m1/s1. The van der Waals surface area contributed by atoms with Gasteiger partial charge in [0.15, 0.2) is 17.9 Å². The first-order valence-electron chi connectivity index (χ1n) is 9.67. The van der Waals surface area contributed by atoms with E-state index >= 15 is 0 Å². The summed E-state index contributed by atoms with van der Waals surface area (Å²) < 4.78 is 48.0. The van der Waals surface area contributed by atoms with Crippen LogP contribution in [0.15, 0.2) is 93.5 Å². The summed E-state index contributed by atoms with van der Waals surface area (Å²) in [6.07, 6.45) is 9.45. The highest BCUT2D eigenvalue weighted by molar-refractivity contribution is 7.85. The molecule has 2 bridgehead atoms. The Morgan fingerprint density at radius 1 is 0.967 bits per heavy atom. The normalized spacial score (nSPS) is 21.2. The van der Waals surface area contributed by atoms with Crippen LogP contribution in [0.5, 0.6) is 0 Å². The van der Waals surface area contributed by atoms with Gasteiger partial charge in [0.2, 0.25) is 0 Å². The summed E-state index contributed by atoms with van der Waals surface area (Å²) in [7, 11) is -4.41. The molecule has 4 aromatic rings. The van der Waals surface area contributed by atoms with Crippen molar-refractivity contribution in [1.29, 1.82) is 0 Å². The molecule has 0 saturated heterocycles. The Morgan fingerprint density at radius 2 is 1.70 bits per heavy atom. The summed E-state index contributed by atoms with van der Waals surface area (Å²) in [5.41, 5.74) is 3.85. The van der Waals surface area contributed by atoms with Gasteiger partial charge in [-0.05, 0) is 23.8 Å². The van der Waals surface area contributed by atoms with Crippen molar-refractivity contribution in [2.24, 2.45) is 0 Å². The molecule has 7 heteroatoms. The Kier molecular flexibility index (Phi) is 3.50. The fourth-order valence-electron chi connectivity index (χ4n) is 5.58. The van der Waals surface area contributed by atoms with Crippen LogP contribution in [0.2, 0.25) is 0 Å². The average Bonchev–Trinajstić information content (AvgIpc) is 3.47. The zero-order valence-corrected chi connectivity index (χ0v) is 16.6. The number of rotatable bonds is 3. The second-order valence-electron chi connectivity index (χ2n) is 7.92. The van der Waals surface area contributed by atoms with Crippen LogP contribution < -0.4 is 4.57 Å². The summed E-state index contributed by atoms with van der Waals surface area (Å²) in [6, 6.07) is 14.8. The van der Waals surface area contributed by atoms with E-state index in [4.69, 9.17) is 8.83 Å². The maximum Gasteiger partial charge on any atom is 0.294 e. The summed E-state index contributed by atoms with van der Waals surface area (Å²) in [6.45, 7) is 0. The molecule has 0 fully saturated rings. The van der Waals surface area contributed by atoms with Crippen molar-refractivity contribution in [3.05, 3.63) is 108 Å². The molecule has 1 aliphatic carbocycles. The third kappa shape index (κ3) is 2.16. The lowest BCUT2D eigenvalue weighted by atomic mass is 9.54. The van der Waals surface area contributed by atoms with Crippen LogP contribution in [-0.2, 0) is 15.5 Å². The predicted octanol–water partition coefficient (Wildman–Crippen LogP) is 3.83. The van der Waals surface area contributed by atoms with Gasteiger partial charge in [0.05, 0.1) is 41.3 Å². The molecular formula is C23H18NO5S+. The number of benzene rings is 1. The lowest BCUT2D eigenvalue weighted by Crippen LogP contribution is -2.60. The average molecular weight is 420 g/mol. The lowest BCUT2D eigenvalue weighted by molar-refractivity contribution is -0.732. The van der Waals surface area contributed by atoms with E-state index in [1.165, 1.54) is 6.07 Å². The summed E-state index contributed by atoms with van der Waals surface area (Å²) >= 11 is 0. The minimum Gasteiger partial charge on any atom is -0.472 e. The molecule has 3 aromatic heterocycles. The number of nitrogens with zero attached hydrogens (tertiary/aromatic N) is 1. The summed E-state index contributed by atoms with van der Waals surface area (Å²) in [4.78, 5) is -0.0406. The van der Waals surface area contributed by atoms with Crippen molar-refractivity contribution in [3.63, 3.8) is 0 Å². The molecule has 1 aromatic carbocycles. The van der Waals surface area contributed by atoms with Crippen LogP contribution in [0.1, 0.15) is 46.3 Å². The van der Waals surface area contributed by atoms with Crippen LogP contribution in [0.25, 0.3) is 0 Å². The first-order valence-corrected chi connectivity index (χ1v) is 11.1. The van der Waals surface area contributed by atoms with Crippen molar-refractivity contribution >= 4 is 10.1 Å². The third-order valence-corrected chi connectivity index (χ3v) is 7.57. The number of hydrogen-bond donors (Lipinski definition) is 1. The van der Waals surface area contributed by atoms with Gasteiger partial charge in [0.1, 0.15) is 0 Å². The molecular weight excluding hydrogens is 402 g/mol. The van der Waals surface area contributed by atoms with Crippen molar-refractivity contribution < 1.29 is 26.4 Å². The van der Waals surface area contributed by atoms with Crippen LogP contribution in [0.3, 0.4) is 0 Å². The molecule has 7 rings (SSSR count). The number of aromatic nitrogens is 1. The van der Waals surface area contributed by atoms with Gasteiger partial charge in [-0.3, -0.25) is 4.55 Å². The van der Waals surface area contributed by atoms with Crippen molar-refractivity contribution in [3.8, 4) is 0 Å². The summed E-state index contributed by atoms with van der Waals surface area (Å²) in [5.74, 6) is -0.355. The highest BCUT2D eigenvalue weighted by Crippen LogP contribution is 2.60. The molecule has 1 N–H and O–H groups in total. The minimum atomic E-state index is -4.41. The molecule has 3 aliphatic rings. The fraction of sp³-hybridized carbons (Fsp3) is 0.174. The van der Waals surface area contributed by atoms with Crippen LogP contribution in [0.4, 0.5) is 0 Å². The van der Waals surface area contributed by atoms with Gasteiger partial charge >= 0.3 is 0 Å². The third-order valence-electron chi connectivity index (χ3n) is 6.66. The highest BCUT2D eigenvalue weighted by Gasteiger charge is 2.61. The molecule has 0 unspecified atom stereocenters. The quantitative estimate of drug-likeness (QED) is 0.402. The van der Waals surface area contributed by atoms with Crippen LogP contribution in [0, 0.1) is 0 Å². The van der Waals surface area contributed by atoms with Crippen LogP contribution >= 0.6 is 0 Å². The second-order valence-corrected chi connectivity index (χ2v) is 9.31. The van der Waals surface area contributed by atoms with E-state index in [1.54, 1.807) is 31.1 Å². The van der Waals surface area contributed by atoms with Gasteiger partial charge in [-0.25, -0.2) is 0 Å². The molecule has 150 valence electrons. The molecule has 2 atom stereocenters. The van der Waals surface area contributed by atoms with Gasteiger partial charge in [-0.15, -0.1) is 0 Å². The van der Waals surface area contributed by atoms with E-state index in [0.717, 1.165) is 22.4 Å². The first-order chi connectivity index (χ1) is 14.5. The molecule has 0 radical (unpaired) electrons. The molecule has 6 nitrogen and oxygen atoms in total. The monoisotopic (exact) mass is 420 g/mol. The number of furan rings is 2. The van der Waals surface area contributed by atoms with E-state index < -0.39 is 15.5 Å². The van der Waals surface area contributed by atoms with Crippen molar-refractivity contribution in [2.45, 2.75) is 28.7 Å². The van der Waals surface area contributed by atoms with Crippen molar-refractivity contribution in [1.82, 2.24) is 0 Å².